The Hall–Kier alpha value is -0.930. The summed E-state index contributed by atoms with van der Waals surface area (Å²) in [6.45, 7) is 1.87. The van der Waals surface area contributed by atoms with Crippen molar-refractivity contribution < 1.29 is 14.9 Å². The van der Waals surface area contributed by atoms with Gasteiger partial charge in [0, 0.05) is 23.1 Å². The molecule has 88 valence electrons. The Bertz CT molecular complexity index is 425. The van der Waals surface area contributed by atoms with Gasteiger partial charge in [0.2, 0.25) is 0 Å². The van der Waals surface area contributed by atoms with Crippen molar-refractivity contribution in [3.63, 3.8) is 0 Å². The van der Waals surface area contributed by atoms with Crippen LogP contribution in [-0.2, 0) is 6.42 Å². The molecular formula is C12H15ClO3. The number of methoxy groups -OCH3 is 1. The monoisotopic (exact) mass is 242 g/mol. The van der Waals surface area contributed by atoms with Gasteiger partial charge in [-0.3, -0.25) is 0 Å². The summed E-state index contributed by atoms with van der Waals surface area (Å²) in [6, 6.07) is 1.47. The van der Waals surface area contributed by atoms with E-state index >= 15 is 0 Å². The minimum absolute atomic E-state index is 0.0253. The number of ether oxygens (including phenoxy) is 1. The van der Waals surface area contributed by atoms with E-state index in [4.69, 9.17) is 16.3 Å². The van der Waals surface area contributed by atoms with E-state index in [0.29, 0.717) is 17.2 Å². The second kappa shape index (κ2) is 3.82. The minimum atomic E-state index is -0.630. The molecule has 1 aliphatic rings. The zero-order valence-electron chi connectivity index (χ0n) is 9.38. The number of hydrogen-bond acceptors (Lipinski definition) is 3. The number of rotatable bonds is 3. The number of aliphatic hydroxyl groups is 1. The molecular weight excluding hydrogens is 228 g/mol. The van der Waals surface area contributed by atoms with E-state index in [-0.39, 0.29) is 5.75 Å². The van der Waals surface area contributed by atoms with Crippen LogP contribution >= 0.6 is 11.6 Å². The predicted molar refractivity (Wildman–Crippen MR) is 62.3 cm³/mol. The highest BCUT2D eigenvalue weighted by atomic mass is 35.5. The lowest BCUT2D eigenvalue weighted by atomic mass is 9.99. The average Bonchev–Trinajstić information content (AvgIpc) is 2.93. The molecule has 2 N–H and O–H groups in total. The third-order valence-electron chi connectivity index (χ3n) is 3.12. The van der Waals surface area contributed by atoms with Crippen molar-refractivity contribution in [2.24, 2.45) is 0 Å². The van der Waals surface area contributed by atoms with E-state index in [2.05, 4.69) is 0 Å². The Labute approximate surface area is 99.6 Å². The summed E-state index contributed by atoms with van der Waals surface area (Å²) in [5.41, 5.74) is 1.03. The van der Waals surface area contributed by atoms with Crippen molar-refractivity contribution in [3.05, 3.63) is 22.2 Å². The lowest BCUT2D eigenvalue weighted by Gasteiger charge is -2.17. The van der Waals surface area contributed by atoms with Gasteiger partial charge in [0.15, 0.2) is 11.5 Å². The highest BCUT2D eigenvalue weighted by Gasteiger charge is 2.41. The van der Waals surface area contributed by atoms with Crippen LogP contribution in [0.15, 0.2) is 6.07 Å². The van der Waals surface area contributed by atoms with Crippen LogP contribution in [-0.4, -0.2) is 22.9 Å². The lowest BCUT2D eigenvalue weighted by Crippen LogP contribution is -2.13. The molecule has 0 amide bonds. The van der Waals surface area contributed by atoms with Crippen molar-refractivity contribution >= 4 is 11.6 Å². The SMILES string of the molecule is COc1c(O)cc(Cl)c(C)c1CC1(O)CC1. The second-order valence-corrected chi connectivity index (χ2v) is 4.82. The molecule has 2 rings (SSSR count). The molecule has 1 saturated carbocycles. The number of benzene rings is 1. The largest absolute Gasteiger partial charge is 0.504 e. The summed E-state index contributed by atoms with van der Waals surface area (Å²) in [6.07, 6.45) is 2.07. The standard InChI is InChI=1S/C12H15ClO3/c1-7-8(6-12(15)3-4-12)11(16-2)10(14)5-9(7)13/h5,14-15H,3-4,6H2,1-2H3. The topological polar surface area (TPSA) is 49.7 Å². The van der Waals surface area contributed by atoms with E-state index in [1.54, 1.807) is 0 Å². The van der Waals surface area contributed by atoms with Crippen LogP contribution < -0.4 is 4.74 Å². The Balaban J connectivity index is 2.47. The number of halogens is 1. The molecule has 0 aliphatic heterocycles. The Kier molecular flexibility index (Phi) is 2.76. The van der Waals surface area contributed by atoms with Gasteiger partial charge in [0.25, 0.3) is 0 Å². The fourth-order valence-electron chi connectivity index (χ4n) is 1.85. The maximum absolute atomic E-state index is 9.93. The van der Waals surface area contributed by atoms with Crippen LogP contribution in [0.5, 0.6) is 11.5 Å². The predicted octanol–water partition coefficient (Wildman–Crippen LogP) is 2.43. The first-order valence-corrected chi connectivity index (χ1v) is 5.62. The molecule has 0 bridgehead atoms. The minimum Gasteiger partial charge on any atom is -0.504 e. The number of aromatic hydroxyl groups is 1. The Morgan fingerprint density at radius 3 is 2.62 bits per heavy atom. The molecule has 4 heteroatoms. The molecule has 3 nitrogen and oxygen atoms in total. The summed E-state index contributed by atoms with van der Waals surface area (Å²) in [5, 5.41) is 20.1. The van der Waals surface area contributed by atoms with E-state index in [0.717, 1.165) is 24.0 Å². The Morgan fingerprint density at radius 2 is 2.12 bits per heavy atom. The van der Waals surface area contributed by atoms with Crippen molar-refractivity contribution in [1.82, 2.24) is 0 Å². The third-order valence-corrected chi connectivity index (χ3v) is 3.51. The summed E-state index contributed by atoms with van der Waals surface area (Å²) in [7, 11) is 1.50. The van der Waals surface area contributed by atoms with Crippen LogP contribution in [0.2, 0.25) is 5.02 Å². The van der Waals surface area contributed by atoms with Crippen molar-refractivity contribution in [3.8, 4) is 11.5 Å². The molecule has 0 radical (unpaired) electrons. The van der Waals surface area contributed by atoms with Crippen LogP contribution in [0.4, 0.5) is 0 Å². The fraction of sp³-hybridized carbons (Fsp3) is 0.500. The summed E-state index contributed by atoms with van der Waals surface area (Å²) in [4.78, 5) is 0. The molecule has 1 fully saturated rings. The third kappa shape index (κ3) is 1.97. The second-order valence-electron chi connectivity index (χ2n) is 4.42. The average molecular weight is 243 g/mol. The molecule has 0 spiro atoms. The zero-order valence-corrected chi connectivity index (χ0v) is 10.1. The quantitative estimate of drug-likeness (QED) is 0.856. The molecule has 1 aromatic carbocycles. The van der Waals surface area contributed by atoms with Gasteiger partial charge < -0.3 is 14.9 Å². The van der Waals surface area contributed by atoms with Gasteiger partial charge in [-0.15, -0.1) is 0 Å². The molecule has 0 unspecified atom stereocenters. The molecule has 1 aromatic rings. The molecule has 16 heavy (non-hydrogen) atoms. The van der Waals surface area contributed by atoms with Gasteiger partial charge >= 0.3 is 0 Å². The first-order chi connectivity index (χ1) is 7.47. The molecule has 0 atom stereocenters. The summed E-state index contributed by atoms with van der Waals surface area (Å²) >= 11 is 6.00. The smallest absolute Gasteiger partial charge is 0.164 e. The Morgan fingerprint density at radius 1 is 1.50 bits per heavy atom. The highest BCUT2D eigenvalue weighted by molar-refractivity contribution is 6.31. The van der Waals surface area contributed by atoms with Gasteiger partial charge in [-0.1, -0.05) is 11.6 Å². The molecule has 1 aliphatic carbocycles. The van der Waals surface area contributed by atoms with Crippen LogP contribution in [0.3, 0.4) is 0 Å². The molecule has 0 aromatic heterocycles. The highest BCUT2D eigenvalue weighted by Crippen LogP contribution is 2.44. The zero-order chi connectivity index (χ0) is 11.9. The van der Waals surface area contributed by atoms with Crippen molar-refractivity contribution in [2.75, 3.05) is 7.11 Å². The number of phenols is 1. The van der Waals surface area contributed by atoms with Gasteiger partial charge in [0.05, 0.1) is 12.7 Å². The van der Waals surface area contributed by atoms with E-state index in [1.165, 1.54) is 13.2 Å². The lowest BCUT2D eigenvalue weighted by molar-refractivity contribution is 0.149. The van der Waals surface area contributed by atoms with E-state index in [1.807, 2.05) is 6.92 Å². The van der Waals surface area contributed by atoms with Crippen molar-refractivity contribution in [1.29, 1.82) is 0 Å². The first-order valence-electron chi connectivity index (χ1n) is 5.24. The fourth-order valence-corrected chi connectivity index (χ4v) is 2.07. The van der Waals surface area contributed by atoms with Gasteiger partial charge in [-0.25, -0.2) is 0 Å². The number of hydrogen-bond donors (Lipinski definition) is 2. The molecule has 0 saturated heterocycles. The molecule has 0 heterocycles. The maximum Gasteiger partial charge on any atom is 0.164 e. The summed E-state index contributed by atoms with van der Waals surface area (Å²) < 4.78 is 5.17. The van der Waals surface area contributed by atoms with Gasteiger partial charge in [0.1, 0.15) is 0 Å². The normalized spacial score (nSPS) is 17.2. The van der Waals surface area contributed by atoms with Crippen LogP contribution in [0.25, 0.3) is 0 Å². The van der Waals surface area contributed by atoms with Crippen molar-refractivity contribution in [2.45, 2.75) is 31.8 Å². The maximum atomic E-state index is 9.93. The van der Waals surface area contributed by atoms with Gasteiger partial charge in [-0.2, -0.15) is 0 Å². The van der Waals surface area contributed by atoms with E-state index < -0.39 is 5.60 Å². The van der Waals surface area contributed by atoms with Gasteiger partial charge in [-0.05, 0) is 25.3 Å². The van der Waals surface area contributed by atoms with Crippen LogP contribution in [0.1, 0.15) is 24.0 Å². The first kappa shape index (κ1) is 11.6. The van der Waals surface area contributed by atoms with E-state index in [9.17, 15) is 10.2 Å². The summed E-state index contributed by atoms with van der Waals surface area (Å²) in [5.74, 6) is 0.444. The number of phenolic OH excluding ortho intramolecular Hbond substituents is 1. The van der Waals surface area contributed by atoms with Crippen LogP contribution in [0, 0.1) is 6.92 Å².